The van der Waals surface area contributed by atoms with Crippen molar-refractivity contribution in [2.75, 3.05) is 0 Å². The van der Waals surface area contributed by atoms with E-state index in [9.17, 15) is 23.9 Å². The Labute approximate surface area is 205 Å². The summed E-state index contributed by atoms with van der Waals surface area (Å²) in [4.78, 5) is 46.5. The van der Waals surface area contributed by atoms with Crippen LogP contribution < -0.4 is 5.56 Å². The first-order valence-corrected chi connectivity index (χ1v) is 12.0. The number of benzene rings is 1. The summed E-state index contributed by atoms with van der Waals surface area (Å²) in [7, 11) is 0. The van der Waals surface area contributed by atoms with Gasteiger partial charge in [-0.05, 0) is 48.9 Å². The molecule has 1 N–H and O–H groups in total. The maximum absolute atomic E-state index is 14.9. The van der Waals surface area contributed by atoms with Gasteiger partial charge in [0.05, 0.1) is 29.0 Å². The molecule has 3 aromatic rings. The van der Waals surface area contributed by atoms with Crippen LogP contribution in [0.5, 0.6) is 0 Å². The number of ether oxygens (including phenoxy) is 1. The number of halogens is 1. The highest BCUT2D eigenvalue weighted by molar-refractivity contribution is 5.97. The molecule has 2 aromatic heterocycles. The topological polar surface area (TPSA) is 111 Å². The van der Waals surface area contributed by atoms with Crippen molar-refractivity contribution in [2.24, 2.45) is 4.99 Å². The number of hydrogen-bond donors (Lipinski definition) is 1. The maximum Gasteiger partial charge on any atom is 0.343 e. The summed E-state index contributed by atoms with van der Waals surface area (Å²) in [5.41, 5.74) is 2.76. The molecule has 0 fully saturated rings. The second-order valence-electron chi connectivity index (χ2n) is 9.75. The Kier molecular flexibility index (Phi) is 4.82. The highest BCUT2D eigenvalue weighted by atomic mass is 19.1. The first-order chi connectivity index (χ1) is 17.2. The van der Waals surface area contributed by atoms with E-state index in [1.54, 1.807) is 30.7 Å². The van der Waals surface area contributed by atoms with E-state index in [0.717, 1.165) is 22.1 Å². The summed E-state index contributed by atoms with van der Waals surface area (Å²) in [6, 6.07) is 3.05. The summed E-state index contributed by atoms with van der Waals surface area (Å²) >= 11 is 0. The zero-order valence-corrected chi connectivity index (χ0v) is 20.1. The predicted octanol–water partition coefficient (Wildman–Crippen LogP) is 3.17. The smallest absolute Gasteiger partial charge is 0.343 e. The lowest BCUT2D eigenvalue weighted by atomic mass is 9.78. The van der Waals surface area contributed by atoms with E-state index in [1.807, 2.05) is 0 Å². The van der Waals surface area contributed by atoms with E-state index in [0.29, 0.717) is 35.3 Å². The van der Waals surface area contributed by atoms with E-state index < -0.39 is 11.6 Å². The van der Waals surface area contributed by atoms with Gasteiger partial charge < -0.3 is 14.4 Å². The largest absolute Gasteiger partial charge is 0.458 e. The lowest BCUT2D eigenvalue weighted by Crippen LogP contribution is -2.44. The van der Waals surface area contributed by atoms with Gasteiger partial charge in [0, 0.05) is 41.6 Å². The van der Waals surface area contributed by atoms with Crippen molar-refractivity contribution in [3.05, 3.63) is 61.7 Å². The van der Waals surface area contributed by atoms with Crippen LogP contribution >= 0.6 is 0 Å². The van der Waals surface area contributed by atoms with Crippen molar-refractivity contribution in [1.82, 2.24) is 9.55 Å². The molecule has 184 valence electrons. The monoisotopic (exact) mass is 489 g/mol. The first-order valence-electron chi connectivity index (χ1n) is 12.0. The Balaban J connectivity index is 1.68. The number of cyclic esters (lactones) is 1. The number of hydrogen-bond acceptors (Lipinski definition) is 6. The molecule has 6 rings (SSSR count). The number of carbonyl (C=O) groups excluding carboxylic acids is 2. The van der Waals surface area contributed by atoms with Gasteiger partial charge in [-0.25, -0.2) is 19.2 Å². The average Bonchev–Trinajstić information content (AvgIpc) is 3.22. The first kappa shape index (κ1) is 22.7. The molecular weight excluding hydrogens is 465 g/mol. The number of pyridine rings is 2. The van der Waals surface area contributed by atoms with Crippen molar-refractivity contribution in [3.63, 3.8) is 0 Å². The van der Waals surface area contributed by atoms with Crippen molar-refractivity contribution in [2.45, 2.75) is 64.7 Å². The van der Waals surface area contributed by atoms with Crippen molar-refractivity contribution in [1.29, 1.82) is 0 Å². The van der Waals surface area contributed by atoms with Crippen molar-refractivity contribution >= 4 is 29.0 Å². The number of aliphatic hydroxyl groups is 1. The van der Waals surface area contributed by atoms with Crippen LogP contribution in [0.1, 0.15) is 66.0 Å². The van der Waals surface area contributed by atoms with Crippen LogP contribution in [0.25, 0.3) is 22.3 Å². The quantitative estimate of drug-likeness (QED) is 0.342. The molecule has 2 aliphatic heterocycles. The molecule has 0 saturated heterocycles. The van der Waals surface area contributed by atoms with E-state index in [4.69, 9.17) is 9.72 Å². The van der Waals surface area contributed by atoms with Crippen LogP contribution in [0.3, 0.4) is 0 Å². The van der Waals surface area contributed by atoms with Crippen LogP contribution in [0, 0.1) is 12.7 Å². The number of nitrogens with zero attached hydrogens (tertiary/aromatic N) is 3. The fourth-order valence-electron chi connectivity index (χ4n) is 5.93. The second kappa shape index (κ2) is 7.64. The number of esters is 1. The van der Waals surface area contributed by atoms with Crippen LogP contribution in [0.2, 0.25) is 0 Å². The fraction of sp³-hybridized carbons (Fsp3) is 0.370. The van der Waals surface area contributed by atoms with E-state index in [-0.39, 0.29) is 53.9 Å². The summed E-state index contributed by atoms with van der Waals surface area (Å²) in [6.07, 6.45) is 2.94. The minimum Gasteiger partial charge on any atom is -0.458 e. The summed E-state index contributed by atoms with van der Waals surface area (Å²) in [5, 5.41) is 12.0. The van der Waals surface area contributed by atoms with Gasteiger partial charge in [-0.15, -0.1) is 0 Å². The molecule has 0 spiro atoms. The number of amides is 1. The van der Waals surface area contributed by atoms with E-state index in [1.165, 1.54) is 13.0 Å². The Morgan fingerprint density at radius 3 is 2.83 bits per heavy atom. The molecule has 36 heavy (non-hydrogen) atoms. The third kappa shape index (κ3) is 2.92. The molecule has 3 aliphatic rings. The van der Waals surface area contributed by atoms with Crippen LogP contribution in [0.4, 0.5) is 4.39 Å². The fourth-order valence-corrected chi connectivity index (χ4v) is 5.93. The SMILES string of the molecule is CC[C@@]1(O)C(=O)OCc2c1cc1n(c2=O)Cc2c-1nc1cc(F)c(C)c3c1c2C(C=NC(C)=O)CC3. The summed E-state index contributed by atoms with van der Waals surface area (Å²) in [5.74, 6) is -1.66. The van der Waals surface area contributed by atoms with Gasteiger partial charge in [-0.2, -0.15) is 0 Å². The normalized spacial score (nSPS) is 21.9. The molecule has 0 radical (unpaired) electrons. The molecule has 4 heterocycles. The van der Waals surface area contributed by atoms with Crippen LogP contribution in [-0.4, -0.2) is 32.7 Å². The van der Waals surface area contributed by atoms with Gasteiger partial charge in [0.15, 0.2) is 5.60 Å². The number of fused-ring (bicyclic) bond motifs is 5. The minimum atomic E-state index is -1.93. The van der Waals surface area contributed by atoms with Crippen LogP contribution in [0.15, 0.2) is 21.9 Å². The van der Waals surface area contributed by atoms with Crippen molar-refractivity contribution < 1.29 is 23.8 Å². The maximum atomic E-state index is 14.9. The Morgan fingerprint density at radius 1 is 1.33 bits per heavy atom. The Hall–Kier alpha value is -3.72. The van der Waals surface area contributed by atoms with Gasteiger partial charge in [0.2, 0.25) is 5.91 Å². The van der Waals surface area contributed by atoms with Gasteiger partial charge in [0.1, 0.15) is 12.4 Å². The molecule has 1 amide bonds. The molecule has 1 aromatic carbocycles. The van der Waals surface area contributed by atoms with E-state index >= 15 is 0 Å². The Bertz CT molecular complexity index is 1620. The number of carbonyl (C=O) groups is 2. The minimum absolute atomic E-state index is 0.0441. The third-order valence-corrected chi connectivity index (χ3v) is 7.86. The molecule has 9 heteroatoms. The standard InChI is InChI=1S/C27H24FN3O5/c1-4-27(35)18-7-21-24-16(10-31(21)25(33)17(18)11-36-26(27)34)22-14(9-29-13(3)32)5-6-15-12(2)19(28)8-20(30-24)23(15)22/h7-9,14,35H,4-6,10-11H2,1-3H3/t14?,27-/m0/s1. The van der Waals surface area contributed by atoms with Crippen LogP contribution in [-0.2, 0) is 39.5 Å². The Morgan fingerprint density at radius 2 is 2.11 bits per heavy atom. The highest BCUT2D eigenvalue weighted by Crippen LogP contribution is 2.46. The zero-order chi connectivity index (χ0) is 25.5. The van der Waals surface area contributed by atoms with Gasteiger partial charge in [-0.3, -0.25) is 9.59 Å². The lowest BCUT2D eigenvalue weighted by Gasteiger charge is -2.31. The van der Waals surface area contributed by atoms with Gasteiger partial charge in [0.25, 0.3) is 5.56 Å². The molecule has 0 saturated carbocycles. The molecule has 1 aliphatic carbocycles. The zero-order valence-electron chi connectivity index (χ0n) is 20.1. The number of aryl methyl sites for hydroxylation is 1. The summed E-state index contributed by atoms with van der Waals surface area (Å²) in [6.45, 7) is 4.81. The number of aromatic nitrogens is 2. The lowest BCUT2D eigenvalue weighted by molar-refractivity contribution is -0.172. The average molecular weight is 490 g/mol. The number of rotatable bonds is 2. The third-order valence-electron chi connectivity index (χ3n) is 7.86. The highest BCUT2D eigenvalue weighted by Gasteiger charge is 2.45. The van der Waals surface area contributed by atoms with Gasteiger partial charge in [-0.1, -0.05) is 6.92 Å². The molecule has 1 unspecified atom stereocenters. The molecule has 2 atom stereocenters. The predicted molar refractivity (Wildman–Crippen MR) is 129 cm³/mol. The second-order valence-corrected chi connectivity index (χ2v) is 9.75. The number of aliphatic imine (C=N–C) groups is 1. The molecule has 0 bridgehead atoms. The molecule has 8 nitrogen and oxygen atoms in total. The van der Waals surface area contributed by atoms with Gasteiger partial charge >= 0.3 is 5.97 Å². The summed E-state index contributed by atoms with van der Waals surface area (Å²) < 4.78 is 21.6. The van der Waals surface area contributed by atoms with Crippen molar-refractivity contribution in [3.8, 4) is 11.4 Å². The van der Waals surface area contributed by atoms with E-state index in [2.05, 4.69) is 4.99 Å². The molecular formula is C27H24FN3O5.